The number of aliphatic hydroxyl groups excluding tert-OH is 1. The van der Waals surface area contributed by atoms with E-state index in [-0.39, 0.29) is 11.9 Å². The largest absolute Gasteiger partial charge is 0.393 e. The first-order valence-corrected chi connectivity index (χ1v) is 13.3. The molecule has 184 valence electrons. The quantitative estimate of drug-likeness (QED) is 0.472. The SMILES string of the molecule is Cc1c(C(=O)CN2C3CCCC2CC(O)C3)c2ccc(CC3COC3)cc2n1-c1ccc(Cl)cc1. The van der Waals surface area contributed by atoms with Crippen LogP contribution in [0.15, 0.2) is 42.5 Å². The molecule has 6 rings (SSSR count). The van der Waals surface area contributed by atoms with Crippen molar-refractivity contribution in [1.82, 2.24) is 9.47 Å². The highest BCUT2D eigenvalue weighted by atomic mass is 35.5. The molecule has 6 heteroatoms. The standard InChI is InChI=1S/C29H33ClN2O3/c1-18-29(28(34)15-31-23-3-2-4-24(31)14-25(33)13-23)26-10-5-19(11-20-16-35-17-20)12-27(26)32(18)22-8-6-21(30)7-9-22/h5-10,12,20,23-25,33H,2-4,11,13-17H2,1H3. The van der Waals surface area contributed by atoms with E-state index in [0.717, 1.165) is 73.2 Å². The molecule has 0 spiro atoms. The summed E-state index contributed by atoms with van der Waals surface area (Å²) in [7, 11) is 0. The van der Waals surface area contributed by atoms with Gasteiger partial charge in [-0.2, -0.15) is 0 Å². The lowest BCUT2D eigenvalue weighted by molar-refractivity contribution is -0.0312. The first-order chi connectivity index (χ1) is 17.0. The van der Waals surface area contributed by atoms with Gasteiger partial charge < -0.3 is 14.4 Å². The number of ether oxygens (including phenoxy) is 1. The van der Waals surface area contributed by atoms with Crippen LogP contribution in [0.4, 0.5) is 0 Å². The van der Waals surface area contributed by atoms with E-state index in [0.29, 0.717) is 29.6 Å². The molecule has 3 aliphatic rings. The molecule has 1 N–H and O–H groups in total. The molecule has 0 saturated carbocycles. The van der Waals surface area contributed by atoms with Crippen LogP contribution in [0.3, 0.4) is 0 Å². The third-order valence-corrected chi connectivity index (χ3v) is 8.54. The molecule has 3 fully saturated rings. The van der Waals surface area contributed by atoms with Crippen LogP contribution in [0.25, 0.3) is 16.6 Å². The number of carbonyl (C=O) groups excluding carboxylic acids is 1. The van der Waals surface area contributed by atoms with Crippen LogP contribution in [0.2, 0.25) is 5.02 Å². The van der Waals surface area contributed by atoms with Gasteiger partial charge in [0, 0.05) is 45.4 Å². The van der Waals surface area contributed by atoms with E-state index in [1.807, 2.05) is 24.3 Å². The maximum atomic E-state index is 13.9. The Morgan fingerprint density at radius 3 is 2.46 bits per heavy atom. The van der Waals surface area contributed by atoms with Gasteiger partial charge in [0.1, 0.15) is 0 Å². The highest BCUT2D eigenvalue weighted by Crippen LogP contribution is 2.36. The molecule has 2 atom stereocenters. The van der Waals surface area contributed by atoms with Crippen LogP contribution >= 0.6 is 11.6 Å². The highest BCUT2D eigenvalue weighted by molar-refractivity contribution is 6.30. The predicted octanol–water partition coefficient (Wildman–Crippen LogP) is 5.34. The highest BCUT2D eigenvalue weighted by Gasteiger charge is 2.39. The molecule has 2 unspecified atom stereocenters. The van der Waals surface area contributed by atoms with Crippen molar-refractivity contribution in [2.45, 2.75) is 63.6 Å². The number of benzene rings is 2. The fourth-order valence-corrected chi connectivity index (χ4v) is 6.68. The Hall–Kier alpha value is -2.18. The number of aliphatic hydroxyl groups is 1. The number of ketones is 1. The third kappa shape index (κ3) is 4.33. The monoisotopic (exact) mass is 492 g/mol. The Balaban J connectivity index is 1.40. The van der Waals surface area contributed by atoms with Crippen LogP contribution in [0.5, 0.6) is 0 Å². The summed E-state index contributed by atoms with van der Waals surface area (Å²) >= 11 is 6.18. The average Bonchev–Trinajstić information content (AvgIpc) is 3.08. The van der Waals surface area contributed by atoms with Crippen molar-refractivity contribution in [3.63, 3.8) is 0 Å². The van der Waals surface area contributed by atoms with Crippen molar-refractivity contribution < 1.29 is 14.6 Å². The number of piperidine rings is 2. The number of nitrogens with zero attached hydrogens (tertiary/aromatic N) is 2. The minimum atomic E-state index is -0.232. The Labute approximate surface area is 211 Å². The van der Waals surface area contributed by atoms with Crippen molar-refractivity contribution in [1.29, 1.82) is 0 Å². The minimum absolute atomic E-state index is 0.175. The van der Waals surface area contributed by atoms with Crippen LogP contribution in [-0.4, -0.2) is 58.3 Å². The zero-order chi connectivity index (χ0) is 24.1. The molecule has 0 aliphatic carbocycles. The molecule has 0 amide bonds. The normalized spacial score (nSPS) is 25.1. The van der Waals surface area contributed by atoms with Crippen LogP contribution < -0.4 is 0 Å². The number of halogens is 1. The molecule has 3 aliphatic heterocycles. The summed E-state index contributed by atoms with van der Waals surface area (Å²) in [5, 5.41) is 12.0. The minimum Gasteiger partial charge on any atom is -0.393 e. The van der Waals surface area contributed by atoms with Crippen LogP contribution in [0.1, 0.15) is 53.7 Å². The Kier molecular flexibility index (Phi) is 6.21. The van der Waals surface area contributed by atoms with Gasteiger partial charge >= 0.3 is 0 Å². The molecular weight excluding hydrogens is 460 g/mol. The van der Waals surface area contributed by atoms with Gasteiger partial charge in [-0.15, -0.1) is 0 Å². The first-order valence-electron chi connectivity index (χ1n) is 12.9. The molecule has 2 bridgehead atoms. The lowest BCUT2D eigenvalue weighted by atomic mass is 9.82. The molecule has 0 radical (unpaired) electrons. The van der Waals surface area contributed by atoms with Crippen molar-refractivity contribution >= 4 is 28.3 Å². The van der Waals surface area contributed by atoms with E-state index in [1.165, 1.54) is 12.0 Å². The number of carbonyl (C=O) groups is 1. The number of Topliss-reactive ketones (excluding diaryl/α,β-unsaturated/α-hetero) is 1. The molecule has 1 aromatic heterocycles. The summed E-state index contributed by atoms with van der Waals surface area (Å²) < 4.78 is 7.59. The van der Waals surface area contributed by atoms with Crippen molar-refractivity contribution in [2.24, 2.45) is 5.92 Å². The van der Waals surface area contributed by atoms with Gasteiger partial charge in [0.05, 0.1) is 31.4 Å². The zero-order valence-corrected chi connectivity index (χ0v) is 21.0. The Bertz CT molecular complexity index is 1230. The lowest BCUT2D eigenvalue weighted by Gasteiger charge is -2.47. The molecule has 3 saturated heterocycles. The maximum Gasteiger partial charge on any atom is 0.179 e. The maximum absolute atomic E-state index is 13.9. The van der Waals surface area contributed by atoms with E-state index in [4.69, 9.17) is 16.3 Å². The molecule has 4 heterocycles. The Morgan fingerprint density at radius 1 is 1.09 bits per heavy atom. The second-order valence-electron chi connectivity index (χ2n) is 10.7. The van der Waals surface area contributed by atoms with Crippen LogP contribution in [0, 0.1) is 12.8 Å². The second-order valence-corrected chi connectivity index (χ2v) is 11.1. The molecule has 35 heavy (non-hydrogen) atoms. The summed E-state index contributed by atoms with van der Waals surface area (Å²) in [6.07, 6.45) is 5.65. The van der Waals surface area contributed by atoms with E-state index in [2.05, 4.69) is 34.6 Å². The fraction of sp³-hybridized carbons (Fsp3) is 0.483. The van der Waals surface area contributed by atoms with Gasteiger partial charge in [-0.05, 0) is 74.9 Å². The average molecular weight is 493 g/mol. The number of aromatic nitrogens is 1. The van der Waals surface area contributed by atoms with Crippen molar-refractivity contribution in [2.75, 3.05) is 19.8 Å². The van der Waals surface area contributed by atoms with Crippen molar-refractivity contribution in [3.05, 3.63) is 64.3 Å². The number of hydrogen-bond acceptors (Lipinski definition) is 4. The summed E-state index contributed by atoms with van der Waals surface area (Å²) in [5.74, 6) is 0.746. The number of hydrogen-bond donors (Lipinski definition) is 1. The van der Waals surface area contributed by atoms with Gasteiger partial charge in [-0.1, -0.05) is 30.2 Å². The fourth-order valence-electron chi connectivity index (χ4n) is 6.55. The van der Waals surface area contributed by atoms with Crippen LogP contribution in [-0.2, 0) is 11.2 Å². The molecule has 5 nitrogen and oxygen atoms in total. The molecule has 2 aromatic carbocycles. The van der Waals surface area contributed by atoms with Crippen molar-refractivity contribution in [3.8, 4) is 5.69 Å². The third-order valence-electron chi connectivity index (χ3n) is 8.29. The zero-order valence-electron chi connectivity index (χ0n) is 20.3. The predicted molar refractivity (Wildman–Crippen MR) is 139 cm³/mol. The molecule has 3 aromatic rings. The van der Waals surface area contributed by atoms with Gasteiger partial charge in [-0.25, -0.2) is 0 Å². The van der Waals surface area contributed by atoms with Gasteiger partial charge in [0.25, 0.3) is 0 Å². The van der Waals surface area contributed by atoms with Gasteiger partial charge in [-0.3, -0.25) is 9.69 Å². The topological polar surface area (TPSA) is 54.7 Å². The Morgan fingerprint density at radius 2 is 1.80 bits per heavy atom. The van der Waals surface area contributed by atoms with Gasteiger partial charge in [0.2, 0.25) is 0 Å². The number of rotatable bonds is 6. The summed E-state index contributed by atoms with van der Waals surface area (Å²) in [4.78, 5) is 16.3. The first kappa shape index (κ1) is 23.2. The lowest BCUT2D eigenvalue weighted by Crippen LogP contribution is -2.54. The van der Waals surface area contributed by atoms with E-state index >= 15 is 0 Å². The summed E-state index contributed by atoms with van der Waals surface area (Å²) in [6, 6.07) is 15.0. The van der Waals surface area contributed by atoms with Gasteiger partial charge in [0.15, 0.2) is 5.78 Å². The summed E-state index contributed by atoms with van der Waals surface area (Å²) in [6.45, 7) is 4.13. The number of fused-ring (bicyclic) bond motifs is 3. The van der Waals surface area contributed by atoms with E-state index < -0.39 is 0 Å². The molecular formula is C29H33ClN2O3. The van der Waals surface area contributed by atoms with E-state index in [9.17, 15) is 9.90 Å². The summed E-state index contributed by atoms with van der Waals surface area (Å²) in [5.41, 5.74) is 5.15. The smallest absolute Gasteiger partial charge is 0.179 e. The second kappa shape index (κ2) is 9.36. The van der Waals surface area contributed by atoms with E-state index in [1.54, 1.807) is 0 Å².